The van der Waals surface area contributed by atoms with Crippen molar-refractivity contribution in [3.8, 4) is 22.6 Å². The third-order valence-electron chi connectivity index (χ3n) is 6.44. The molecule has 0 saturated carbocycles. The molecule has 44 heavy (non-hydrogen) atoms. The van der Waals surface area contributed by atoms with Gasteiger partial charge < -0.3 is 14.0 Å². The van der Waals surface area contributed by atoms with E-state index in [1.807, 2.05) is 0 Å². The maximum atomic E-state index is 14.9. The van der Waals surface area contributed by atoms with Gasteiger partial charge in [-0.2, -0.15) is 13.2 Å². The van der Waals surface area contributed by atoms with Gasteiger partial charge in [0.1, 0.15) is 17.2 Å². The molecule has 0 aliphatic carbocycles. The summed E-state index contributed by atoms with van der Waals surface area (Å²) in [5.41, 5.74) is -2.68. The van der Waals surface area contributed by atoms with Crippen molar-refractivity contribution in [3.05, 3.63) is 92.9 Å². The molecule has 2 aromatic heterocycles. The lowest BCUT2D eigenvalue weighted by atomic mass is 9.99. The fourth-order valence-electron chi connectivity index (χ4n) is 4.45. The first-order valence-corrected chi connectivity index (χ1v) is 13.6. The molecule has 1 atom stereocenters. The van der Waals surface area contributed by atoms with Gasteiger partial charge in [0.05, 0.1) is 36.8 Å². The number of methoxy groups -OCH3 is 1. The number of hydrogen-bond acceptors (Lipinski definition) is 7. The molecule has 9 nitrogen and oxygen atoms in total. The van der Waals surface area contributed by atoms with Crippen LogP contribution in [-0.2, 0) is 10.9 Å². The quantitative estimate of drug-likeness (QED) is 0.121. The molecule has 0 amide bonds. The van der Waals surface area contributed by atoms with E-state index < -0.39 is 46.6 Å². The van der Waals surface area contributed by atoms with E-state index in [0.717, 1.165) is 27.4 Å². The standard InChI is InChI=1S/C30H27ClF4N4O5/c1-6-22(27(41)16-7-9-18(21(32)11-16)28(42)44-29(2,3)4)38-14-24(43-5)20(13-26(38)40)19-12-17(31)8-10-23(19)39-15-25(36-37-39)30(33,34)35/h7-15,22H,6H2,1-5H3/t22-/m0/s1. The molecule has 4 rings (SSSR count). The average molecular weight is 635 g/mol. The second kappa shape index (κ2) is 12.2. The number of halogens is 5. The van der Waals surface area contributed by atoms with Crippen LogP contribution in [0.15, 0.2) is 59.7 Å². The average Bonchev–Trinajstić information content (AvgIpc) is 3.44. The number of alkyl halides is 3. The highest BCUT2D eigenvalue weighted by Crippen LogP contribution is 2.36. The van der Waals surface area contributed by atoms with Gasteiger partial charge in [-0.25, -0.2) is 13.9 Å². The minimum absolute atomic E-state index is 0.0830. The summed E-state index contributed by atoms with van der Waals surface area (Å²) in [6.45, 7) is 6.55. The van der Waals surface area contributed by atoms with Crippen LogP contribution in [0.25, 0.3) is 16.8 Å². The zero-order chi connectivity index (χ0) is 32.6. The van der Waals surface area contributed by atoms with Crippen LogP contribution in [-0.4, -0.2) is 44.0 Å². The minimum Gasteiger partial charge on any atom is -0.495 e. The molecule has 2 heterocycles. The zero-order valence-electron chi connectivity index (χ0n) is 24.2. The molecule has 0 bridgehead atoms. The predicted molar refractivity (Wildman–Crippen MR) is 153 cm³/mol. The first-order chi connectivity index (χ1) is 20.5. The first kappa shape index (κ1) is 32.4. The Morgan fingerprint density at radius 3 is 2.30 bits per heavy atom. The van der Waals surface area contributed by atoms with Gasteiger partial charge in [-0.3, -0.25) is 9.59 Å². The summed E-state index contributed by atoms with van der Waals surface area (Å²) >= 11 is 6.20. The first-order valence-electron chi connectivity index (χ1n) is 13.2. The van der Waals surface area contributed by atoms with Gasteiger partial charge in [0.15, 0.2) is 11.5 Å². The second-order valence-electron chi connectivity index (χ2n) is 10.7. The summed E-state index contributed by atoms with van der Waals surface area (Å²) in [6, 6.07) is 7.64. The molecular formula is C30H27ClF4N4O5. The van der Waals surface area contributed by atoms with Crippen LogP contribution >= 0.6 is 11.6 Å². The lowest BCUT2D eigenvalue weighted by Crippen LogP contribution is -2.29. The molecule has 0 saturated heterocycles. The van der Waals surface area contributed by atoms with Crippen molar-refractivity contribution in [1.82, 2.24) is 19.6 Å². The maximum Gasteiger partial charge on any atom is 0.436 e. The van der Waals surface area contributed by atoms with Crippen LogP contribution in [0.2, 0.25) is 5.02 Å². The lowest BCUT2D eigenvalue weighted by molar-refractivity contribution is -0.141. The number of rotatable bonds is 8. The minimum atomic E-state index is -4.73. The van der Waals surface area contributed by atoms with Crippen molar-refractivity contribution in [2.24, 2.45) is 0 Å². The molecular weight excluding hydrogens is 608 g/mol. The highest BCUT2D eigenvalue weighted by molar-refractivity contribution is 6.31. The second-order valence-corrected chi connectivity index (χ2v) is 11.1. The molecule has 0 aliphatic heterocycles. The number of pyridine rings is 1. The Balaban J connectivity index is 1.75. The summed E-state index contributed by atoms with van der Waals surface area (Å²) in [5, 5.41) is 6.97. The Hall–Kier alpha value is -4.52. The van der Waals surface area contributed by atoms with Crippen molar-refractivity contribution in [2.45, 2.75) is 51.9 Å². The Bertz CT molecular complexity index is 1790. The summed E-state index contributed by atoms with van der Waals surface area (Å²) in [4.78, 5) is 39.3. The Kier molecular flexibility index (Phi) is 9.00. The van der Waals surface area contributed by atoms with Crippen molar-refractivity contribution in [2.75, 3.05) is 7.11 Å². The van der Waals surface area contributed by atoms with E-state index >= 15 is 0 Å². The molecule has 2 aromatic carbocycles. The van der Waals surface area contributed by atoms with Gasteiger partial charge in [-0.05, 0) is 57.5 Å². The lowest BCUT2D eigenvalue weighted by Gasteiger charge is -2.21. The summed E-state index contributed by atoms with van der Waals surface area (Å²) in [5.74, 6) is -2.37. The number of Topliss-reactive ketones (excluding diaryl/α,β-unsaturated/α-hetero) is 1. The monoisotopic (exact) mass is 634 g/mol. The van der Waals surface area contributed by atoms with Gasteiger partial charge in [-0.1, -0.05) is 29.8 Å². The summed E-state index contributed by atoms with van der Waals surface area (Å²) in [7, 11) is 1.31. The Morgan fingerprint density at radius 2 is 1.73 bits per heavy atom. The molecule has 4 aromatic rings. The van der Waals surface area contributed by atoms with Crippen LogP contribution in [0.5, 0.6) is 5.75 Å². The van der Waals surface area contributed by atoms with E-state index in [9.17, 15) is 31.9 Å². The van der Waals surface area contributed by atoms with Crippen molar-refractivity contribution >= 4 is 23.4 Å². The van der Waals surface area contributed by atoms with Crippen LogP contribution in [0, 0.1) is 5.82 Å². The van der Waals surface area contributed by atoms with E-state index in [-0.39, 0.29) is 45.1 Å². The fourth-order valence-corrected chi connectivity index (χ4v) is 4.62. The smallest absolute Gasteiger partial charge is 0.436 e. The number of ketones is 1. The molecule has 0 unspecified atom stereocenters. The molecule has 0 aliphatic rings. The number of carbonyl (C=O) groups excluding carboxylic acids is 2. The van der Waals surface area contributed by atoms with Crippen molar-refractivity contribution < 1.29 is 36.6 Å². The highest BCUT2D eigenvalue weighted by atomic mass is 35.5. The Morgan fingerprint density at radius 1 is 1.02 bits per heavy atom. The molecule has 0 N–H and O–H groups in total. The summed E-state index contributed by atoms with van der Waals surface area (Å²) < 4.78 is 67.2. The number of ether oxygens (including phenoxy) is 2. The van der Waals surface area contributed by atoms with E-state index in [1.165, 1.54) is 37.6 Å². The third-order valence-corrected chi connectivity index (χ3v) is 6.68. The number of esters is 1. The van der Waals surface area contributed by atoms with Gasteiger partial charge >= 0.3 is 12.1 Å². The SMILES string of the molecule is CC[C@@H](C(=O)c1ccc(C(=O)OC(C)(C)C)c(F)c1)n1cc(OC)c(-c2cc(Cl)ccc2-n2cc(C(F)(F)F)nn2)cc1=O. The van der Waals surface area contributed by atoms with E-state index in [2.05, 4.69) is 10.3 Å². The molecule has 0 fully saturated rings. The van der Waals surface area contributed by atoms with Gasteiger partial charge in [0.25, 0.3) is 5.56 Å². The molecule has 14 heteroatoms. The number of aromatic nitrogens is 4. The number of benzene rings is 2. The van der Waals surface area contributed by atoms with Crippen LogP contribution in [0.1, 0.15) is 66.6 Å². The fraction of sp³-hybridized carbons (Fsp3) is 0.300. The Labute approximate surface area is 254 Å². The van der Waals surface area contributed by atoms with Crippen LogP contribution in [0.4, 0.5) is 17.6 Å². The zero-order valence-corrected chi connectivity index (χ0v) is 25.0. The number of carbonyl (C=O) groups is 2. The topological polar surface area (TPSA) is 105 Å². The van der Waals surface area contributed by atoms with E-state index in [1.54, 1.807) is 27.7 Å². The number of hydrogen-bond donors (Lipinski definition) is 0. The largest absolute Gasteiger partial charge is 0.495 e. The third kappa shape index (κ3) is 6.83. The normalized spacial score (nSPS) is 12.6. The van der Waals surface area contributed by atoms with E-state index in [0.29, 0.717) is 6.20 Å². The van der Waals surface area contributed by atoms with E-state index in [4.69, 9.17) is 21.1 Å². The van der Waals surface area contributed by atoms with Crippen LogP contribution < -0.4 is 10.3 Å². The predicted octanol–water partition coefficient (Wildman–Crippen LogP) is 6.71. The number of nitrogens with zero attached hydrogens (tertiary/aromatic N) is 4. The van der Waals surface area contributed by atoms with Gasteiger partial charge in [0.2, 0.25) is 0 Å². The van der Waals surface area contributed by atoms with Crippen molar-refractivity contribution in [1.29, 1.82) is 0 Å². The van der Waals surface area contributed by atoms with Gasteiger partial charge in [0, 0.05) is 27.8 Å². The highest BCUT2D eigenvalue weighted by Gasteiger charge is 2.35. The molecule has 0 spiro atoms. The summed E-state index contributed by atoms with van der Waals surface area (Å²) in [6.07, 6.45) is -2.64. The maximum absolute atomic E-state index is 14.9. The molecule has 0 radical (unpaired) electrons. The molecule has 232 valence electrons. The van der Waals surface area contributed by atoms with Gasteiger partial charge in [-0.15, -0.1) is 5.10 Å². The van der Waals surface area contributed by atoms with Crippen molar-refractivity contribution in [3.63, 3.8) is 0 Å². The van der Waals surface area contributed by atoms with Crippen LogP contribution in [0.3, 0.4) is 0 Å².